The molecule has 4 unspecified atom stereocenters. The van der Waals surface area contributed by atoms with Crippen LogP contribution in [0.4, 0.5) is 0 Å². The van der Waals surface area contributed by atoms with E-state index in [9.17, 15) is 24.3 Å². The number of aromatic nitrogens is 4. The van der Waals surface area contributed by atoms with Crippen molar-refractivity contribution in [3.8, 4) is 0 Å². The average molecular weight is 463 g/mol. The van der Waals surface area contributed by atoms with Gasteiger partial charge in [0.15, 0.2) is 0 Å². The van der Waals surface area contributed by atoms with Crippen LogP contribution in [0, 0.1) is 5.92 Å². The van der Waals surface area contributed by atoms with E-state index in [4.69, 9.17) is 5.73 Å². The van der Waals surface area contributed by atoms with Crippen molar-refractivity contribution in [2.24, 2.45) is 11.7 Å². The summed E-state index contributed by atoms with van der Waals surface area (Å²) < 4.78 is 0. The molecule has 2 rings (SSSR count). The van der Waals surface area contributed by atoms with Crippen molar-refractivity contribution in [3.05, 3.63) is 36.4 Å². The molecule has 0 bridgehead atoms. The van der Waals surface area contributed by atoms with Gasteiger partial charge in [-0.25, -0.2) is 14.8 Å². The van der Waals surface area contributed by atoms with Crippen molar-refractivity contribution in [1.82, 2.24) is 35.9 Å². The van der Waals surface area contributed by atoms with Crippen LogP contribution in [0.25, 0.3) is 0 Å². The molecule has 0 aliphatic heterocycles. The quantitative estimate of drug-likeness (QED) is 0.196. The first-order valence-electron chi connectivity index (χ1n) is 10.4. The van der Waals surface area contributed by atoms with E-state index >= 15 is 0 Å². The van der Waals surface area contributed by atoms with E-state index in [1.807, 2.05) is 0 Å². The van der Waals surface area contributed by atoms with Gasteiger partial charge in [0.2, 0.25) is 17.7 Å². The Balaban J connectivity index is 2.18. The first kappa shape index (κ1) is 25.5. The molecule has 33 heavy (non-hydrogen) atoms. The molecule has 0 radical (unpaired) electrons. The number of nitrogens with one attached hydrogen (secondary N) is 5. The maximum atomic E-state index is 13.0. The average Bonchev–Trinajstić information content (AvgIpc) is 3.44. The molecule has 2 aromatic rings. The van der Waals surface area contributed by atoms with Gasteiger partial charge in [0.1, 0.15) is 18.1 Å². The molecular weight excluding hydrogens is 432 g/mol. The number of carbonyl (C=O) groups excluding carboxylic acids is 3. The highest BCUT2D eigenvalue weighted by Crippen LogP contribution is 2.07. The van der Waals surface area contributed by atoms with Gasteiger partial charge < -0.3 is 36.8 Å². The zero-order valence-electron chi connectivity index (χ0n) is 18.7. The number of rotatable bonds is 12. The molecule has 0 saturated heterocycles. The number of carboxylic acids is 1. The van der Waals surface area contributed by atoms with Crippen LogP contribution < -0.4 is 21.7 Å². The molecule has 180 valence electrons. The molecule has 0 aromatic carbocycles. The summed E-state index contributed by atoms with van der Waals surface area (Å²) in [6, 6.07) is -4.14. The van der Waals surface area contributed by atoms with Crippen molar-refractivity contribution in [2.45, 2.75) is 57.8 Å². The molecule has 4 atom stereocenters. The fourth-order valence-electron chi connectivity index (χ4n) is 3.00. The van der Waals surface area contributed by atoms with Crippen LogP contribution >= 0.6 is 0 Å². The molecule has 0 spiro atoms. The number of nitrogens with two attached hydrogens (primary N) is 1. The number of hydrogen-bond acceptors (Lipinski definition) is 7. The number of aromatic amines is 2. The molecule has 0 aliphatic carbocycles. The van der Waals surface area contributed by atoms with E-state index in [-0.39, 0.29) is 18.8 Å². The van der Waals surface area contributed by atoms with Gasteiger partial charge in [0.05, 0.1) is 18.7 Å². The lowest BCUT2D eigenvalue weighted by Gasteiger charge is -2.26. The molecule has 2 heterocycles. The van der Waals surface area contributed by atoms with Crippen molar-refractivity contribution < 1.29 is 24.3 Å². The van der Waals surface area contributed by atoms with Gasteiger partial charge in [-0.2, -0.15) is 0 Å². The second-order valence-electron chi connectivity index (χ2n) is 8.04. The fraction of sp³-hybridized carbons (Fsp3) is 0.500. The maximum absolute atomic E-state index is 13.0. The predicted molar refractivity (Wildman–Crippen MR) is 116 cm³/mol. The fourth-order valence-corrected chi connectivity index (χ4v) is 3.00. The van der Waals surface area contributed by atoms with Crippen LogP contribution in [0.5, 0.6) is 0 Å². The van der Waals surface area contributed by atoms with E-state index in [1.165, 1.54) is 32.0 Å². The predicted octanol–water partition coefficient (Wildman–Crippen LogP) is -1.54. The summed E-state index contributed by atoms with van der Waals surface area (Å²) in [7, 11) is 0. The monoisotopic (exact) mass is 462 g/mol. The lowest BCUT2D eigenvalue weighted by Crippen LogP contribution is -2.58. The second kappa shape index (κ2) is 11.8. The van der Waals surface area contributed by atoms with Crippen LogP contribution in [0.2, 0.25) is 0 Å². The number of carboxylic acid groups (broad SMARTS) is 1. The number of amides is 3. The summed E-state index contributed by atoms with van der Waals surface area (Å²) in [4.78, 5) is 63.1. The molecule has 0 saturated carbocycles. The third-order valence-electron chi connectivity index (χ3n) is 4.87. The highest BCUT2D eigenvalue weighted by molar-refractivity contribution is 5.94. The highest BCUT2D eigenvalue weighted by atomic mass is 16.4. The summed E-state index contributed by atoms with van der Waals surface area (Å²) >= 11 is 0. The maximum Gasteiger partial charge on any atom is 0.326 e. The summed E-state index contributed by atoms with van der Waals surface area (Å²) in [5.74, 6) is -3.35. The lowest BCUT2D eigenvalue weighted by atomic mass is 10.0. The topological polar surface area (TPSA) is 208 Å². The third kappa shape index (κ3) is 7.71. The molecule has 0 fully saturated rings. The van der Waals surface area contributed by atoms with Crippen LogP contribution in [0.1, 0.15) is 32.2 Å². The van der Waals surface area contributed by atoms with Crippen LogP contribution in [0.3, 0.4) is 0 Å². The van der Waals surface area contributed by atoms with E-state index in [0.29, 0.717) is 11.4 Å². The van der Waals surface area contributed by atoms with Gasteiger partial charge in [-0.3, -0.25) is 14.4 Å². The Labute approximate surface area is 190 Å². The minimum atomic E-state index is -1.25. The largest absolute Gasteiger partial charge is 0.480 e. The molecule has 8 N–H and O–H groups in total. The molecule has 2 aromatic heterocycles. The summed E-state index contributed by atoms with van der Waals surface area (Å²) in [5, 5.41) is 17.2. The van der Waals surface area contributed by atoms with E-state index < -0.39 is 47.9 Å². The van der Waals surface area contributed by atoms with E-state index in [0.717, 1.165) is 0 Å². The Morgan fingerprint density at radius 2 is 1.39 bits per heavy atom. The van der Waals surface area contributed by atoms with Crippen LogP contribution in [-0.2, 0) is 32.0 Å². The Morgan fingerprint density at radius 3 is 1.82 bits per heavy atom. The second-order valence-corrected chi connectivity index (χ2v) is 8.04. The van der Waals surface area contributed by atoms with Crippen LogP contribution in [0.15, 0.2) is 25.0 Å². The zero-order chi connectivity index (χ0) is 24.5. The number of carbonyl (C=O) groups is 4. The normalized spacial score (nSPS) is 14.7. The highest BCUT2D eigenvalue weighted by Gasteiger charge is 2.31. The summed E-state index contributed by atoms with van der Waals surface area (Å²) in [5.41, 5.74) is 6.66. The Hall–Kier alpha value is -3.74. The number of aliphatic carboxylic acids is 1. The first-order chi connectivity index (χ1) is 15.6. The lowest BCUT2D eigenvalue weighted by molar-refractivity contribution is -0.142. The number of H-pyrrole nitrogens is 2. The van der Waals surface area contributed by atoms with Crippen molar-refractivity contribution in [2.75, 3.05) is 0 Å². The van der Waals surface area contributed by atoms with Crippen molar-refractivity contribution >= 4 is 23.7 Å². The summed E-state index contributed by atoms with van der Waals surface area (Å²) in [6.07, 6.45) is 5.78. The van der Waals surface area contributed by atoms with Crippen molar-refractivity contribution in [3.63, 3.8) is 0 Å². The van der Waals surface area contributed by atoms with Gasteiger partial charge in [0.25, 0.3) is 0 Å². The number of hydrogen-bond donors (Lipinski definition) is 7. The molecule has 3 amide bonds. The van der Waals surface area contributed by atoms with Gasteiger partial charge in [-0.1, -0.05) is 13.8 Å². The number of imidazole rings is 2. The number of nitrogens with zero attached hydrogens (tertiary/aromatic N) is 2. The smallest absolute Gasteiger partial charge is 0.326 e. The van der Waals surface area contributed by atoms with E-state index in [2.05, 4.69) is 35.9 Å². The summed E-state index contributed by atoms with van der Waals surface area (Å²) in [6.45, 7) is 4.96. The Bertz CT molecular complexity index is 926. The Kier molecular flexibility index (Phi) is 9.09. The van der Waals surface area contributed by atoms with Gasteiger partial charge in [-0.05, 0) is 12.8 Å². The Morgan fingerprint density at radius 1 is 0.879 bits per heavy atom. The van der Waals surface area contributed by atoms with Gasteiger partial charge in [0, 0.05) is 36.6 Å². The third-order valence-corrected chi connectivity index (χ3v) is 4.87. The standard InChI is InChI=1S/C20H30N8O5/c1-10(2)16(28-17(29)11(3)21)19(31)26-14(4-12-6-22-8-24-12)18(30)27-15(20(32)33)5-13-7-23-9-25-13/h6-11,14-16H,4-5,21H2,1-3H3,(H,22,24)(H,23,25)(H,26,31)(H,27,30)(H,28,29)(H,32,33). The SMILES string of the molecule is CC(N)C(=O)NC(C(=O)NC(Cc1cnc[nH]1)C(=O)NC(Cc1cnc[nH]1)C(=O)O)C(C)C. The molecular formula is C20H30N8O5. The zero-order valence-corrected chi connectivity index (χ0v) is 18.7. The van der Waals surface area contributed by atoms with Crippen molar-refractivity contribution in [1.29, 1.82) is 0 Å². The van der Waals surface area contributed by atoms with E-state index in [1.54, 1.807) is 13.8 Å². The minimum absolute atomic E-state index is 0.0230. The van der Waals surface area contributed by atoms with Gasteiger partial charge in [-0.15, -0.1) is 0 Å². The van der Waals surface area contributed by atoms with Gasteiger partial charge >= 0.3 is 5.97 Å². The molecule has 13 nitrogen and oxygen atoms in total. The molecule has 13 heteroatoms. The first-order valence-corrected chi connectivity index (χ1v) is 10.4. The minimum Gasteiger partial charge on any atom is -0.480 e. The van der Waals surface area contributed by atoms with Crippen LogP contribution in [-0.4, -0.2) is 72.9 Å². The molecule has 0 aliphatic rings.